The Labute approximate surface area is 87.7 Å². The zero-order valence-electron chi connectivity index (χ0n) is 9.88. The van der Waals surface area contributed by atoms with E-state index in [-0.39, 0.29) is 13.2 Å². The molecule has 0 bridgehead atoms. The Balaban J connectivity index is 0. The first-order valence-electron chi connectivity index (χ1n) is 5.23. The van der Waals surface area contributed by atoms with E-state index < -0.39 is 0 Å². The predicted molar refractivity (Wildman–Crippen MR) is 60.4 cm³/mol. The van der Waals surface area contributed by atoms with Gasteiger partial charge in [0.15, 0.2) is 0 Å². The molecule has 0 unspecified atom stereocenters. The predicted octanol–water partition coefficient (Wildman–Crippen LogP) is -0.0466. The van der Waals surface area contributed by atoms with Crippen LogP contribution in [0.4, 0.5) is 0 Å². The quantitative estimate of drug-likeness (QED) is 0.492. The fraction of sp³-hybridized carbons (Fsp3) is 1.00. The fourth-order valence-corrected chi connectivity index (χ4v) is 0.706. The number of nitrogens with one attached hydrogen (secondary N) is 2. The minimum atomic E-state index is 0.234. The average Bonchev–Trinajstić information content (AvgIpc) is 2.12. The lowest BCUT2D eigenvalue weighted by Gasteiger charge is -2.03. The second-order valence-corrected chi connectivity index (χ2v) is 3.66. The van der Waals surface area contributed by atoms with E-state index in [9.17, 15) is 0 Å². The molecule has 0 fully saturated rings. The van der Waals surface area contributed by atoms with Crippen molar-refractivity contribution in [2.45, 2.75) is 39.8 Å². The third-order valence-corrected chi connectivity index (χ3v) is 1.33. The van der Waals surface area contributed by atoms with Gasteiger partial charge in [-0.15, -0.1) is 0 Å². The van der Waals surface area contributed by atoms with E-state index in [4.69, 9.17) is 10.2 Å². The molecule has 0 radical (unpaired) electrons. The molecular formula is C10H26N2O2. The Morgan fingerprint density at radius 1 is 0.786 bits per heavy atom. The van der Waals surface area contributed by atoms with Crippen molar-refractivity contribution in [2.75, 3.05) is 26.3 Å². The Morgan fingerprint density at radius 2 is 1.07 bits per heavy atom. The van der Waals surface area contributed by atoms with E-state index >= 15 is 0 Å². The molecule has 0 heterocycles. The van der Waals surface area contributed by atoms with E-state index in [1.165, 1.54) is 0 Å². The van der Waals surface area contributed by atoms with Crippen LogP contribution in [0.1, 0.15) is 27.7 Å². The van der Waals surface area contributed by atoms with Crippen molar-refractivity contribution in [1.29, 1.82) is 0 Å². The third-order valence-electron chi connectivity index (χ3n) is 1.33. The molecule has 0 aromatic carbocycles. The van der Waals surface area contributed by atoms with Gasteiger partial charge < -0.3 is 20.8 Å². The molecule has 4 nitrogen and oxygen atoms in total. The molecular weight excluding hydrogens is 180 g/mol. The Hall–Kier alpha value is -0.160. The van der Waals surface area contributed by atoms with Gasteiger partial charge in [0, 0.05) is 25.2 Å². The summed E-state index contributed by atoms with van der Waals surface area (Å²) in [6, 6.07) is 0.985. The zero-order valence-corrected chi connectivity index (χ0v) is 9.88. The fourth-order valence-electron chi connectivity index (χ4n) is 0.706. The second kappa shape index (κ2) is 12.8. The maximum atomic E-state index is 8.25. The number of rotatable bonds is 6. The highest BCUT2D eigenvalue weighted by Crippen LogP contribution is 1.72. The molecule has 0 aromatic heterocycles. The zero-order chi connectivity index (χ0) is 11.4. The first kappa shape index (κ1) is 16.3. The topological polar surface area (TPSA) is 64.5 Å². The summed E-state index contributed by atoms with van der Waals surface area (Å²) >= 11 is 0. The van der Waals surface area contributed by atoms with Crippen molar-refractivity contribution in [1.82, 2.24) is 10.6 Å². The van der Waals surface area contributed by atoms with Gasteiger partial charge in [-0.2, -0.15) is 0 Å². The lowest BCUT2D eigenvalue weighted by Crippen LogP contribution is -2.25. The Kier molecular flexibility index (Phi) is 14.9. The summed E-state index contributed by atoms with van der Waals surface area (Å²) < 4.78 is 0. The van der Waals surface area contributed by atoms with Gasteiger partial charge in [0.25, 0.3) is 0 Å². The van der Waals surface area contributed by atoms with Crippen molar-refractivity contribution in [2.24, 2.45) is 0 Å². The van der Waals surface area contributed by atoms with Crippen molar-refractivity contribution in [3.63, 3.8) is 0 Å². The summed E-state index contributed by atoms with van der Waals surface area (Å²) in [5.41, 5.74) is 0. The average molecular weight is 206 g/mol. The maximum absolute atomic E-state index is 8.25. The van der Waals surface area contributed by atoms with Gasteiger partial charge in [0.05, 0.1) is 13.2 Å². The molecule has 0 aromatic rings. The number of aliphatic hydroxyl groups excluding tert-OH is 2. The van der Waals surface area contributed by atoms with Crippen LogP contribution in [0.15, 0.2) is 0 Å². The molecule has 0 amide bonds. The van der Waals surface area contributed by atoms with Crippen molar-refractivity contribution in [3.05, 3.63) is 0 Å². The number of hydrogen-bond donors (Lipinski definition) is 4. The third kappa shape index (κ3) is 22.6. The van der Waals surface area contributed by atoms with Crippen LogP contribution in [-0.2, 0) is 0 Å². The summed E-state index contributed by atoms with van der Waals surface area (Å²) in [4.78, 5) is 0. The molecule has 0 rings (SSSR count). The molecule has 0 saturated carbocycles. The number of hydrogen-bond acceptors (Lipinski definition) is 4. The van der Waals surface area contributed by atoms with Crippen LogP contribution in [-0.4, -0.2) is 48.6 Å². The normalized spacial score (nSPS) is 10.3. The standard InChI is InChI=1S/2C5H13NO/c2*1-5(2)6-3-4-7/h2*5-7H,3-4H2,1-2H3. The van der Waals surface area contributed by atoms with Crippen molar-refractivity contribution in [3.8, 4) is 0 Å². The smallest absolute Gasteiger partial charge is 0.0556 e. The van der Waals surface area contributed by atoms with Crippen LogP contribution >= 0.6 is 0 Å². The lowest BCUT2D eigenvalue weighted by atomic mass is 10.4. The highest BCUT2D eigenvalue weighted by Gasteiger charge is 1.86. The first-order valence-corrected chi connectivity index (χ1v) is 5.23. The van der Waals surface area contributed by atoms with Gasteiger partial charge >= 0.3 is 0 Å². The molecule has 0 aliphatic carbocycles. The van der Waals surface area contributed by atoms with Crippen LogP contribution in [0, 0.1) is 0 Å². The molecule has 0 spiro atoms. The molecule has 0 aliphatic heterocycles. The highest BCUT2D eigenvalue weighted by molar-refractivity contribution is 4.49. The molecule has 0 atom stereocenters. The van der Waals surface area contributed by atoms with E-state index in [1.54, 1.807) is 0 Å². The Bertz CT molecular complexity index is 86.1. The summed E-state index contributed by atoms with van der Waals surface area (Å²) in [5, 5.41) is 22.6. The number of aliphatic hydroxyl groups is 2. The molecule has 88 valence electrons. The van der Waals surface area contributed by atoms with E-state index in [1.807, 2.05) is 0 Å². The largest absolute Gasteiger partial charge is 0.395 e. The molecule has 4 N–H and O–H groups in total. The molecule has 4 heteroatoms. The van der Waals surface area contributed by atoms with Crippen molar-refractivity contribution >= 4 is 0 Å². The van der Waals surface area contributed by atoms with Gasteiger partial charge in [0.1, 0.15) is 0 Å². The van der Waals surface area contributed by atoms with Gasteiger partial charge in [-0.3, -0.25) is 0 Å². The first-order chi connectivity index (χ1) is 6.54. The monoisotopic (exact) mass is 206 g/mol. The van der Waals surface area contributed by atoms with Crippen LogP contribution in [0.5, 0.6) is 0 Å². The molecule has 0 aliphatic rings. The summed E-state index contributed by atoms with van der Waals surface area (Å²) in [7, 11) is 0. The second-order valence-electron chi connectivity index (χ2n) is 3.66. The van der Waals surface area contributed by atoms with E-state index in [0.717, 1.165) is 0 Å². The van der Waals surface area contributed by atoms with Gasteiger partial charge in [0.2, 0.25) is 0 Å². The van der Waals surface area contributed by atoms with Crippen molar-refractivity contribution < 1.29 is 10.2 Å². The molecule has 0 saturated heterocycles. The van der Waals surface area contributed by atoms with Crippen LogP contribution < -0.4 is 10.6 Å². The SMILES string of the molecule is CC(C)NCCO.CC(C)NCCO. The summed E-state index contributed by atoms with van der Waals surface area (Å²) in [6.07, 6.45) is 0. The van der Waals surface area contributed by atoms with Gasteiger partial charge in [-0.25, -0.2) is 0 Å². The van der Waals surface area contributed by atoms with Crippen LogP contribution in [0.25, 0.3) is 0 Å². The minimum Gasteiger partial charge on any atom is -0.395 e. The molecule has 14 heavy (non-hydrogen) atoms. The van der Waals surface area contributed by atoms with E-state index in [2.05, 4.69) is 38.3 Å². The van der Waals surface area contributed by atoms with Gasteiger partial charge in [-0.05, 0) is 0 Å². The van der Waals surface area contributed by atoms with Gasteiger partial charge in [-0.1, -0.05) is 27.7 Å². The minimum absolute atomic E-state index is 0.234. The summed E-state index contributed by atoms with van der Waals surface area (Å²) in [6.45, 7) is 10.1. The Morgan fingerprint density at radius 3 is 1.14 bits per heavy atom. The lowest BCUT2D eigenvalue weighted by molar-refractivity contribution is 0.287. The van der Waals surface area contributed by atoms with Crippen LogP contribution in [0.2, 0.25) is 0 Å². The highest BCUT2D eigenvalue weighted by atomic mass is 16.3. The van der Waals surface area contributed by atoms with E-state index in [0.29, 0.717) is 25.2 Å². The maximum Gasteiger partial charge on any atom is 0.0556 e. The van der Waals surface area contributed by atoms with Crippen LogP contribution in [0.3, 0.4) is 0 Å². The summed E-state index contributed by atoms with van der Waals surface area (Å²) in [5.74, 6) is 0.